The summed E-state index contributed by atoms with van der Waals surface area (Å²) in [5.74, 6) is -0.0391. The molecule has 1 amide bonds. The summed E-state index contributed by atoms with van der Waals surface area (Å²) in [6.07, 6.45) is 0. The average molecular weight is 374 g/mol. The zero-order valence-electron chi connectivity index (χ0n) is 15.8. The van der Waals surface area contributed by atoms with Crippen molar-refractivity contribution in [3.63, 3.8) is 0 Å². The van der Waals surface area contributed by atoms with Gasteiger partial charge in [-0.3, -0.25) is 4.79 Å². The van der Waals surface area contributed by atoms with Crippen LogP contribution >= 0.6 is 11.6 Å². The van der Waals surface area contributed by atoms with Crippen molar-refractivity contribution in [2.75, 3.05) is 31.5 Å². The molecule has 5 heteroatoms. The minimum absolute atomic E-state index is 0.0391. The molecule has 140 valence electrons. The van der Waals surface area contributed by atoms with Gasteiger partial charge in [0.05, 0.1) is 0 Å². The molecule has 4 nitrogen and oxygen atoms in total. The largest absolute Gasteiger partial charge is 0.370 e. The molecule has 0 radical (unpaired) electrons. The van der Waals surface area contributed by atoms with E-state index in [0.717, 1.165) is 36.4 Å². The summed E-state index contributed by atoms with van der Waals surface area (Å²) >= 11 is 6.13. The third-order valence-electron chi connectivity index (χ3n) is 4.52. The lowest BCUT2D eigenvalue weighted by atomic mass is 10.0. The lowest BCUT2D eigenvalue weighted by Crippen LogP contribution is -2.39. The Morgan fingerprint density at radius 3 is 2.46 bits per heavy atom. The molecule has 1 atom stereocenters. The maximum atomic E-state index is 12.9. The van der Waals surface area contributed by atoms with Crippen LogP contribution in [0.3, 0.4) is 0 Å². The number of hydrogen-bond donors (Lipinski definition) is 2. The van der Waals surface area contributed by atoms with E-state index in [9.17, 15) is 4.79 Å². The third kappa shape index (κ3) is 5.75. The molecule has 0 aromatic heterocycles. The summed E-state index contributed by atoms with van der Waals surface area (Å²) in [6.45, 7) is 9.68. The van der Waals surface area contributed by atoms with Crippen LogP contribution in [-0.4, -0.2) is 37.0 Å². The number of carbonyl (C=O) groups is 1. The van der Waals surface area contributed by atoms with Crippen LogP contribution in [0.25, 0.3) is 0 Å². The molecule has 2 aromatic rings. The Morgan fingerprint density at radius 2 is 1.81 bits per heavy atom. The smallest absolute Gasteiger partial charge is 0.247 e. The molecule has 2 N–H and O–H groups in total. The average Bonchev–Trinajstić information content (AvgIpc) is 2.66. The zero-order chi connectivity index (χ0) is 18.9. The number of likely N-dealkylation sites (N-methyl/N-ethyl adjacent to an activating group) is 1. The second-order valence-corrected chi connectivity index (χ2v) is 6.70. The molecule has 0 aliphatic heterocycles. The van der Waals surface area contributed by atoms with E-state index in [4.69, 9.17) is 11.6 Å². The Balaban J connectivity index is 2.14. The summed E-state index contributed by atoms with van der Waals surface area (Å²) in [7, 11) is 0. The van der Waals surface area contributed by atoms with Gasteiger partial charge in [-0.25, -0.2) is 0 Å². The molecule has 26 heavy (non-hydrogen) atoms. The molecule has 2 aromatic carbocycles. The van der Waals surface area contributed by atoms with Crippen LogP contribution in [0.2, 0.25) is 5.02 Å². The molecule has 0 spiro atoms. The fourth-order valence-corrected chi connectivity index (χ4v) is 3.00. The minimum Gasteiger partial charge on any atom is -0.370 e. The standard InChI is InChI=1S/C21H28ClN3O/c1-4-25(5-2)14-13-23-21(26)20(17-9-7-6-8-10-17)24-19-15-18(22)12-11-16(19)3/h6-12,15,20,24H,4-5,13-14H2,1-3H3,(H,23,26). The van der Waals surface area contributed by atoms with Gasteiger partial charge in [-0.15, -0.1) is 0 Å². The molecule has 0 saturated carbocycles. The Labute approximate surface area is 161 Å². The highest BCUT2D eigenvalue weighted by Gasteiger charge is 2.21. The summed E-state index contributed by atoms with van der Waals surface area (Å²) < 4.78 is 0. The van der Waals surface area contributed by atoms with Crippen molar-refractivity contribution in [1.82, 2.24) is 10.2 Å². The molecular weight excluding hydrogens is 346 g/mol. The van der Waals surface area contributed by atoms with E-state index in [-0.39, 0.29) is 5.91 Å². The first kappa shape index (κ1) is 20.3. The second kappa shape index (κ2) is 10.2. The lowest BCUT2D eigenvalue weighted by molar-refractivity contribution is -0.122. The van der Waals surface area contributed by atoms with Gasteiger partial charge in [0.1, 0.15) is 6.04 Å². The highest BCUT2D eigenvalue weighted by Crippen LogP contribution is 2.25. The van der Waals surface area contributed by atoms with Gasteiger partial charge in [-0.05, 0) is 43.3 Å². The fraction of sp³-hybridized carbons (Fsp3) is 0.381. The maximum absolute atomic E-state index is 12.9. The van der Waals surface area contributed by atoms with E-state index in [2.05, 4.69) is 29.4 Å². The van der Waals surface area contributed by atoms with Gasteiger partial charge < -0.3 is 15.5 Å². The van der Waals surface area contributed by atoms with Crippen LogP contribution in [0.5, 0.6) is 0 Å². The van der Waals surface area contributed by atoms with Gasteiger partial charge in [0.25, 0.3) is 0 Å². The Bertz CT molecular complexity index is 702. The van der Waals surface area contributed by atoms with Crippen LogP contribution < -0.4 is 10.6 Å². The number of nitrogens with zero attached hydrogens (tertiary/aromatic N) is 1. The zero-order valence-corrected chi connectivity index (χ0v) is 16.5. The maximum Gasteiger partial charge on any atom is 0.247 e. The minimum atomic E-state index is -0.468. The van der Waals surface area contributed by atoms with Gasteiger partial charge >= 0.3 is 0 Å². The van der Waals surface area contributed by atoms with Gasteiger partial charge in [0.15, 0.2) is 0 Å². The van der Waals surface area contributed by atoms with E-state index < -0.39 is 6.04 Å². The van der Waals surface area contributed by atoms with E-state index in [1.54, 1.807) is 0 Å². The number of amides is 1. The monoisotopic (exact) mass is 373 g/mol. The Morgan fingerprint density at radius 1 is 1.12 bits per heavy atom. The van der Waals surface area contributed by atoms with E-state index in [1.807, 2.05) is 55.5 Å². The Kier molecular flexibility index (Phi) is 7.95. The predicted molar refractivity (Wildman–Crippen MR) is 110 cm³/mol. The molecule has 0 aliphatic carbocycles. The summed E-state index contributed by atoms with van der Waals surface area (Å²) in [5.41, 5.74) is 2.84. The predicted octanol–water partition coefficient (Wildman–Crippen LogP) is 4.26. The third-order valence-corrected chi connectivity index (χ3v) is 4.75. The van der Waals surface area contributed by atoms with Crippen molar-refractivity contribution in [3.8, 4) is 0 Å². The van der Waals surface area contributed by atoms with Crippen LogP contribution in [0.4, 0.5) is 5.69 Å². The number of anilines is 1. The van der Waals surface area contributed by atoms with E-state index in [1.165, 1.54) is 0 Å². The van der Waals surface area contributed by atoms with Gasteiger partial charge in [-0.2, -0.15) is 0 Å². The quantitative estimate of drug-likeness (QED) is 0.690. The fourth-order valence-electron chi connectivity index (χ4n) is 2.83. The topological polar surface area (TPSA) is 44.4 Å². The molecule has 0 heterocycles. The summed E-state index contributed by atoms with van der Waals surface area (Å²) in [5, 5.41) is 7.06. The summed E-state index contributed by atoms with van der Waals surface area (Å²) in [4.78, 5) is 15.2. The number of carbonyl (C=O) groups excluding carboxylic acids is 1. The molecule has 0 bridgehead atoms. The Hall–Kier alpha value is -2.04. The SMILES string of the molecule is CCN(CC)CCNC(=O)C(Nc1cc(Cl)ccc1C)c1ccccc1. The number of benzene rings is 2. The van der Waals surface area contributed by atoms with Gasteiger partial charge in [-0.1, -0.05) is 61.8 Å². The highest BCUT2D eigenvalue weighted by atomic mass is 35.5. The van der Waals surface area contributed by atoms with E-state index >= 15 is 0 Å². The van der Waals surface area contributed by atoms with Crippen molar-refractivity contribution in [2.45, 2.75) is 26.8 Å². The first-order valence-electron chi connectivity index (χ1n) is 9.12. The number of halogens is 1. The van der Waals surface area contributed by atoms with Crippen molar-refractivity contribution in [2.24, 2.45) is 0 Å². The number of hydrogen-bond acceptors (Lipinski definition) is 3. The molecule has 0 saturated heterocycles. The van der Waals surface area contributed by atoms with Crippen LogP contribution in [-0.2, 0) is 4.79 Å². The highest BCUT2D eigenvalue weighted by molar-refractivity contribution is 6.30. The van der Waals surface area contributed by atoms with Crippen LogP contribution in [0, 0.1) is 6.92 Å². The number of nitrogens with one attached hydrogen (secondary N) is 2. The van der Waals surface area contributed by atoms with Crippen molar-refractivity contribution >= 4 is 23.2 Å². The molecule has 2 rings (SSSR count). The van der Waals surface area contributed by atoms with E-state index in [0.29, 0.717) is 11.6 Å². The van der Waals surface area contributed by atoms with Crippen LogP contribution in [0.1, 0.15) is 31.0 Å². The molecule has 1 unspecified atom stereocenters. The van der Waals surface area contributed by atoms with Crippen molar-refractivity contribution in [1.29, 1.82) is 0 Å². The lowest BCUT2D eigenvalue weighted by Gasteiger charge is -2.23. The first-order valence-corrected chi connectivity index (χ1v) is 9.50. The van der Waals surface area contributed by atoms with Crippen molar-refractivity contribution < 1.29 is 4.79 Å². The molecule has 0 fully saturated rings. The van der Waals surface area contributed by atoms with Gasteiger partial charge in [0, 0.05) is 23.8 Å². The van der Waals surface area contributed by atoms with Gasteiger partial charge in [0.2, 0.25) is 5.91 Å². The number of aryl methyl sites for hydroxylation is 1. The summed E-state index contributed by atoms with van der Waals surface area (Å²) in [6, 6.07) is 14.9. The molecular formula is C21H28ClN3O. The second-order valence-electron chi connectivity index (χ2n) is 6.27. The van der Waals surface area contributed by atoms with Crippen molar-refractivity contribution in [3.05, 3.63) is 64.7 Å². The molecule has 0 aliphatic rings. The number of rotatable bonds is 9. The normalized spacial score (nSPS) is 12.0. The van der Waals surface area contributed by atoms with Crippen LogP contribution in [0.15, 0.2) is 48.5 Å². The first-order chi connectivity index (χ1) is 12.5.